The van der Waals surface area contributed by atoms with Crippen molar-refractivity contribution in [1.29, 1.82) is 0 Å². The molecule has 0 radical (unpaired) electrons. The first-order chi connectivity index (χ1) is 12.1. The summed E-state index contributed by atoms with van der Waals surface area (Å²) in [7, 11) is 0. The van der Waals surface area contributed by atoms with E-state index in [0.717, 1.165) is 5.56 Å². The van der Waals surface area contributed by atoms with Crippen LogP contribution in [0.15, 0.2) is 42.6 Å². The Hall–Kier alpha value is -2.38. The molecule has 2 heterocycles. The molecule has 3 rings (SSSR count). The number of carbonyl (C=O) groups excluding carboxylic acids is 1. The van der Waals surface area contributed by atoms with Gasteiger partial charge in [0.1, 0.15) is 11.7 Å². The quantitative estimate of drug-likeness (QED) is 0.438. The van der Waals surface area contributed by atoms with Crippen LogP contribution in [0, 0.1) is 10.1 Å². The Morgan fingerprint density at radius 1 is 1.31 bits per heavy atom. The van der Waals surface area contributed by atoms with Crippen LogP contribution < -0.4 is 4.74 Å². The monoisotopic (exact) mass is 397 g/mol. The summed E-state index contributed by atoms with van der Waals surface area (Å²) >= 11 is 5.84. The van der Waals surface area contributed by atoms with Crippen LogP contribution in [-0.2, 0) is 6.54 Å². The molecule has 0 saturated carbocycles. The number of rotatable bonds is 5. The molecule has 1 aliphatic heterocycles. The van der Waals surface area contributed by atoms with Crippen molar-refractivity contribution < 1.29 is 14.5 Å². The zero-order chi connectivity index (χ0) is 17.8. The first kappa shape index (κ1) is 19.9. The van der Waals surface area contributed by atoms with Crippen molar-refractivity contribution in [2.75, 3.05) is 12.4 Å². The Bertz CT molecular complexity index is 786. The van der Waals surface area contributed by atoms with E-state index in [1.807, 2.05) is 0 Å². The SMILES string of the molecule is Cl.O=C1c2cccnc2OC(CCCl)CN1Cc1ccc([N+](=O)[O-])cc1. The van der Waals surface area contributed by atoms with Crippen LogP contribution in [0.5, 0.6) is 5.88 Å². The van der Waals surface area contributed by atoms with Gasteiger partial charge in [0.05, 0.1) is 11.5 Å². The molecule has 0 bridgehead atoms. The fourth-order valence-electron chi connectivity index (χ4n) is 2.69. The van der Waals surface area contributed by atoms with Crippen molar-refractivity contribution in [1.82, 2.24) is 9.88 Å². The van der Waals surface area contributed by atoms with Crippen molar-refractivity contribution in [2.45, 2.75) is 19.1 Å². The van der Waals surface area contributed by atoms with Gasteiger partial charge in [-0.05, 0) is 24.1 Å². The fourth-order valence-corrected chi connectivity index (χ4v) is 2.94. The smallest absolute Gasteiger partial charge is 0.269 e. The number of nitro benzene ring substituents is 1. The summed E-state index contributed by atoms with van der Waals surface area (Å²) < 4.78 is 5.84. The predicted octanol–water partition coefficient (Wildman–Crippen LogP) is 3.44. The molecule has 1 aromatic carbocycles. The Morgan fingerprint density at radius 3 is 2.69 bits per heavy atom. The van der Waals surface area contributed by atoms with Gasteiger partial charge in [-0.3, -0.25) is 14.9 Å². The van der Waals surface area contributed by atoms with Crippen molar-refractivity contribution in [3.05, 3.63) is 63.8 Å². The molecule has 0 fully saturated rings. The second-order valence-corrected chi connectivity index (χ2v) is 6.06. The van der Waals surface area contributed by atoms with E-state index in [2.05, 4.69) is 4.98 Å². The summed E-state index contributed by atoms with van der Waals surface area (Å²) in [6, 6.07) is 9.53. The van der Waals surface area contributed by atoms with Crippen LogP contribution in [0.3, 0.4) is 0 Å². The third-order valence-electron chi connectivity index (χ3n) is 3.94. The number of nitrogens with zero attached hydrogens (tertiary/aromatic N) is 3. The maximum atomic E-state index is 12.8. The molecule has 1 amide bonds. The summed E-state index contributed by atoms with van der Waals surface area (Å²) in [5.41, 5.74) is 1.22. The molecule has 1 unspecified atom stereocenters. The van der Waals surface area contributed by atoms with E-state index in [9.17, 15) is 14.9 Å². The highest BCUT2D eigenvalue weighted by molar-refractivity contribution is 6.17. The maximum absolute atomic E-state index is 12.8. The number of nitro groups is 1. The van der Waals surface area contributed by atoms with Gasteiger partial charge in [0.2, 0.25) is 5.88 Å². The molecule has 1 aliphatic rings. The lowest BCUT2D eigenvalue weighted by molar-refractivity contribution is -0.384. The van der Waals surface area contributed by atoms with Gasteiger partial charge in [-0.15, -0.1) is 24.0 Å². The van der Waals surface area contributed by atoms with E-state index in [1.165, 1.54) is 12.1 Å². The number of halogens is 2. The minimum Gasteiger partial charge on any atom is -0.472 e. The zero-order valence-electron chi connectivity index (χ0n) is 13.7. The molecule has 26 heavy (non-hydrogen) atoms. The highest BCUT2D eigenvalue weighted by Crippen LogP contribution is 2.25. The third kappa shape index (κ3) is 4.42. The number of amides is 1. The lowest BCUT2D eigenvalue weighted by Crippen LogP contribution is -2.36. The Balaban J connectivity index is 0.00000243. The Labute approximate surface area is 161 Å². The number of aromatic nitrogens is 1. The number of fused-ring (bicyclic) bond motifs is 1. The number of non-ortho nitro benzene ring substituents is 1. The summed E-state index contributed by atoms with van der Waals surface area (Å²) in [5.74, 6) is 0.541. The van der Waals surface area contributed by atoms with Gasteiger partial charge in [0.25, 0.3) is 11.6 Å². The minimum absolute atomic E-state index is 0. The van der Waals surface area contributed by atoms with Gasteiger partial charge >= 0.3 is 0 Å². The largest absolute Gasteiger partial charge is 0.472 e. The number of hydrogen-bond donors (Lipinski definition) is 0. The number of hydrogen-bond acceptors (Lipinski definition) is 5. The molecule has 9 heteroatoms. The molecule has 0 aliphatic carbocycles. The second-order valence-electron chi connectivity index (χ2n) is 5.68. The first-order valence-electron chi connectivity index (χ1n) is 7.78. The van der Waals surface area contributed by atoms with Crippen LogP contribution in [0.25, 0.3) is 0 Å². The topological polar surface area (TPSA) is 85.6 Å². The van der Waals surface area contributed by atoms with Gasteiger partial charge in [-0.25, -0.2) is 4.98 Å². The lowest BCUT2D eigenvalue weighted by Gasteiger charge is -2.23. The Kier molecular flexibility index (Phi) is 6.76. The maximum Gasteiger partial charge on any atom is 0.269 e. The van der Waals surface area contributed by atoms with E-state index >= 15 is 0 Å². The van der Waals surface area contributed by atoms with E-state index in [-0.39, 0.29) is 30.1 Å². The molecular formula is C17H17Cl2N3O4. The molecular weight excluding hydrogens is 381 g/mol. The minimum atomic E-state index is -0.451. The summed E-state index contributed by atoms with van der Waals surface area (Å²) in [5, 5.41) is 10.8. The van der Waals surface area contributed by atoms with E-state index in [1.54, 1.807) is 35.4 Å². The van der Waals surface area contributed by atoms with E-state index in [4.69, 9.17) is 16.3 Å². The van der Waals surface area contributed by atoms with E-state index in [0.29, 0.717) is 36.8 Å². The molecule has 1 aromatic heterocycles. The first-order valence-corrected chi connectivity index (χ1v) is 8.32. The fraction of sp³-hybridized carbons (Fsp3) is 0.294. The second kappa shape index (κ2) is 8.82. The van der Waals surface area contributed by atoms with Crippen LogP contribution >= 0.6 is 24.0 Å². The number of alkyl halides is 1. The molecule has 0 saturated heterocycles. The average molecular weight is 398 g/mol. The van der Waals surface area contributed by atoms with Gasteiger partial charge in [-0.1, -0.05) is 12.1 Å². The lowest BCUT2D eigenvalue weighted by atomic mass is 10.1. The Morgan fingerprint density at radius 2 is 2.04 bits per heavy atom. The van der Waals surface area contributed by atoms with Crippen LogP contribution in [-0.4, -0.2) is 39.2 Å². The standard InChI is InChI=1S/C17H16ClN3O4.ClH/c18-8-7-14-11-20(10-12-3-5-13(6-4-12)21(23)24)17(22)15-2-1-9-19-16(15)25-14;/h1-6,9,14H,7-8,10-11H2;1H. The van der Waals surface area contributed by atoms with Crippen molar-refractivity contribution >= 4 is 35.6 Å². The highest BCUT2D eigenvalue weighted by atomic mass is 35.5. The van der Waals surface area contributed by atoms with Crippen molar-refractivity contribution in [3.8, 4) is 5.88 Å². The normalized spacial score (nSPS) is 16.1. The van der Waals surface area contributed by atoms with Crippen molar-refractivity contribution in [3.63, 3.8) is 0 Å². The number of ether oxygens (including phenoxy) is 1. The predicted molar refractivity (Wildman–Crippen MR) is 99.1 cm³/mol. The molecule has 138 valence electrons. The highest BCUT2D eigenvalue weighted by Gasteiger charge is 2.29. The summed E-state index contributed by atoms with van der Waals surface area (Å²) in [6.45, 7) is 0.701. The third-order valence-corrected chi connectivity index (χ3v) is 4.16. The van der Waals surface area contributed by atoms with Gasteiger partial charge in [0.15, 0.2) is 0 Å². The molecule has 1 atom stereocenters. The van der Waals surface area contributed by atoms with E-state index < -0.39 is 4.92 Å². The van der Waals surface area contributed by atoms with Crippen LogP contribution in [0.4, 0.5) is 5.69 Å². The average Bonchev–Trinajstić information content (AvgIpc) is 2.73. The summed E-state index contributed by atoms with van der Waals surface area (Å²) in [4.78, 5) is 28.9. The van der Waals surface area contributed by atoms with Crippen molar-refractivity contribution in [2.24, 2.45) is 0 Å². The van der Waals surface area contributed by atoms with Gasteiger partial charge in [0, 0.05) is 30.8 Å². The molecule has 2 aromatic rings. The zero-order valence-corrected chi connectivity index (χ0v) is 15.3. The molecule has 7 nitrogen and oxygen atoms in total. The molecule has 0 N–H and O–H groups in total. The summed E-state index contributed by atoms with van der Waals surface area (Å²) in [6.07, 6.45) is 1.91. The number of benzene rings is 1. The number of pyridine rings is 1. The van der Waals surface area contributed by atoms with Gasteiger partial charge < -0.3 is 9.64 Å². The van der Waals surface area contributed by atoms with Gasteiger partial charge in [-0.2, -0.15) is 0 Å². The number of carbonyl (C=O) groups is 1. The van der Waals surface area contributed by atoms with Crippen LogP contribution in [0.1, 0.15) is 22.3 Å². The molecule has 0 spiro atoms. The van der Waals surface area contributed by atoms with Crippen LogP contribution in [0.2, 0.25) is 0 Å².